The summed E-state index contributed by atoms with van der Waals surface area (Å²) < 4.78 is 0. The minimum absolute atomic E-state index is 0.0777. The van der Waals surface area contributed by atoms with E-state index in [0.29, 0.717) is 6.54 Å². The van der Waals surface area contributed by atoms with Crippen LogP contribution in [0.25, 0.3) is 0 Å². The van der Waals surface area contributed by atoms with Crippen LogP contribution < -0.4 is 5.32 Å². The summed E-state index contributed by atoms with van der Waals surface area (Å²) in [5.74, 6) is 2.57. The van der Waals surface area contributed by atoms with Crippen LogP contribution in [0.2, 0.25) is 0 Å². The number of urea groups is 1. The summed E-state index contributed by atoms with van der Waals surface area (Å²) in [7, 11) is 0. The van der Waals surface area contributed by atoms with Crippen molar-refractivity contribution in [2.45, 2.75) is 38.5 Å². The monoisotopic (exact) mass is 208 g/mol. The maximum Gasteiger partial charge on any atom is 0.317 e. The molecule has 1 N–H and O–H groups in total. The van der Waals surface area contributed by atoms with Gasteiger partial charge < -0.3 is 10.2 Å². The lowest BCUT2D eigenvalue weighted by molar-refractivity contribution is 0.200. The van der Waals surface area contributed by atoms with Gasteiger partial charge in [-0.15, -0.1) is 12.3 Å². The number of carbonyl (C=O) groups excluding carboxylic acids is 1. The molecule has 3 nitrogen and oxygen atoms in total. The van der Waals surface area contributed by atoms with Crippen molar-refractivity contribution in [3.63, 3.8) is 0 Å². The fourth-order valence-corrected chi connectivity index (χ4v) is 1.77. The van der Waals surface area contributed by atoms with E-state index in [1.54, 1.807) is 0 Å². The first-order chi connectivity index (χ1) is 7.34. The number of hydrogen-bond acceptors (Lipinski definition) is 1. The van der Waals surface area contributed by atoms with E-state index in [2.05, 4.69) is 11.2 Å². The van der Waals surface area contributed by atoms with Crippen LogP contribution in [0, 0.1) is 12.3 Å². The molecule has 0 aromatic rings. The highest BCUT2D eigenvalue weighted by molar-refractivity contribution is 5.74. The SMILES string of the molecule is C#CCCCNC(=O)N1CCCCCC1. The van der Waals surface area contributed by atoms with Crippen molar-refractivity contribution in [2.75, 3.05) is 19.6 Å². The molecule has 0 aromatic carbocycles. The minimum Gasteiger partial charge on any atom is -0.338 e. The summed E-state index contributed by atoms with van der Waals surface area (Å²) in [5, 5.41) is 2.91. The molecule has 3 heteroatoms. The van der Waals surface area contributed by atoms with Crippen LogP contribution in [0.15, 0.2) is 0 Å². The molecule has 0 aromatic heterocycles. The molecule has 0 spiro atoms. The zero-order valence-corrected chi connectivity index (χ0v) is 9.30. The fraction of sp³-hybridized carbons (Fsp3) is 0.750. The summed E-state index contributed by atoms with van der Waals surface area (Å²) in [6.07, 6.45) is 11.5. The average Bonchev–Trinajstić information content (AvgIpc) is 2.52. The van der Waals surface area contributed by atoms with Crippen molar-refractivity contribution in [2.24, 2.45) is 0 Å². The van der Waals surface area contributed by atoms with Crippen molar-refractivity contribution >= 4 is 6.03 Å². The number of nitrogens with one attached hydrogen (secondary N) is 1. The first-order valence-corrected chi connectivity index (χ1v) is 5.81. The van der Waals surface area contributed by atoms with Crippen molar-refractivity contribution in [3.05, 3.63) is 0 Å². The summed E-state index contributed by atoms with van der Waals surface area (Å²) in [5.41, 5.74) is 0. The van der Waals surface area contributed by atoms with Gasteiger partial charge in [0, 0.05) is 26.1 Å². The van der Waals surface area contributed by atoms with E-state index in [-0.39, 0.29) is 6.03 Å². The average molecular weight is 208 g/mol. The molecule has 15 heavy (non-hydrogen) atoms. The molecule has 1 aliphatic heterocycles. The molecule has 0 saturated carbocycles. The first-order valence-electron chi connectivity index (χ1n) is 5.81. The third-order valence-electron chi connectivity index (χ3n) is 2.67. The number of likely N-dealkylation sites (tertiary alicyclic amines) is 1. The molecule has 0 aliphatic carbocycles. The molecule has 1 rings (SSSR count). The van der Waals surface area contributed by atoms with E-state index in [9.17, 15) is 4.79 Å². The smallest absolute Gasteiger partial charge is 0.317 e. The van der Waals surface area contributed by atoms with Gasteiger partial charge in [0.1, 0.15) is 0 Å². The summed E-state index contributed by atoms with van der Waals surface area (Å²) >= 11 is 0. The Morgan fingerprint density at radius 2 is 1.93 bits per heavy atom. The molecular formula is C12H20N2O. The van der Waals surface area contributed by atoms with Crippen molar-refractivity contribution < 1.29 is 4.79 Å². The topological polar surface area (TPSA) is 32.3 Å². The van der Waals surface area contributed by atoms with Gasteiger partial charge in [-0.3, -0.25) is 0 Å². The van der Waals surface area contributed by atoms with E-state index in [4.69, 9.17) is 6.42 Å². The molecule has 0 bridgehead atoms. The number of terminal acetylenes is 1. The lowest BCUT2D eigenvalue weighted by Gasteiger charge is -2.20. The summed E-state index contributed by atoms with van der Waals surface area (Å²) in [6.45, 7) is 2.50. The Morgan fingerprint density at radius 3 is 2.53 bits per heavy atom. The lowest BCUT2D eigenvalue weighted by atomic mass is 10.2. The van der Waals surface area contributed by atoms with Gasteiger partial charge in [-0.05, 0) is 19.3 Å². The Morgan fingerprint density at radius 1 is 1.27 bits per heavy atom. The number of nitrogens with zero attached hydrogens (tertiary/aromatic N) is 1. The molecule has 0 unspecified atom stereocenters. The van der Waals surface area contributed by atoms with Crippen LogP contribution in [0.5, 0.6) is 0 Å². The van der Waals surface area contributed by atoms with Crippen LogP contribution in [0.3, 0.4) is 0 Å². The van der Waals surface area contributed by atoms with E-state index in [1.165, 1.54) is 12.8 Å². The van der Waals surface area contributed by atoms with Crippen LogP contribution in [-0.2, 0) is 0 Å². The third-order valence-corrected chi connectivity index (χ3v) is 2.67. The van der Waals surface area contributed by atoms with Gasteiger partial charge in [-0.25, -0.2) is 4.79 Å². The normalized spacial score (nSPS) is 16.6. The quantitative estimate of drug-likeness (QED) is 0.558. The highest BCUT2D eigenvalue weighted by Crippen LogP contribution is 2.09. The van der Waals surface area contributed by atoms with E-state index >= 15 is 0 Å². The highest BCUT2D eigenvalue weighted by atomic mass is 16.2. The van der Waals surface area contributed by atoms with Gasteiger partial charge in [-0.1, -0.05) is 12.8 Å². The van der Waals surface area contributed by atoms with E-state index in [1.807, 2.05) is 4.90 Å². The Hall–Kier alpha value is -1.17. The predicted molar refractivity (Wildman–Crippen MR) is 61.5 cm³/mol. The zero-order chi connectivity index (χ0) is 10.9. The molecule has 0 atom stereocenters. The second-order valence-electron chi connectivity index (χ2n) is 3.94. The Kier molecular flexibility index (Phi) is 5.69. The summed E-state index contributed by atoms with van der Waals surface area (Å²) in [4.78, 5) is 13.6. The molecule has 1 fully saturated rings. The van der Waals surface area contributed by atoms with Gasteiger partial charge in [0.2, 0.25) is 0 Å². The van der Waals surface area contributed by atoms with Crippen molar-refractivity contribution in [1.29, 1.82) is 0 Å². The maximum absolute atomic E-state index is 11.7. The first kappa shape index (κ1) is 11.9. The van der Waals surface area contributed by atoms with Gasteiger partial charge in [-0.2, -0.15) is 0 Å². The molecule has 1 heterocycles. The van der Waals surface area contributed by atoms with E-state index in [0.717, 1.165) is 38.8 Å². The predicted octanol–water partition coefficient (Wildman–Crippen LogP) is 1.99. The number of amides is 2. The molecule has 0 radical (unpaired) electrons. The lowest BCUT2D eigenvalue weighted by Crippen LogP contribution is -2.40. The minimum atomic E-state index is 0.0777. The molecule has 84 valence electrons. The number of carbonyl (C=O) groups is 1. The summed E-state index contributed by atoms with van der Waals surface area (Å²) in [6, 6.07) is 0.0777. The van der Waals surface area contributed by atoms with Gasteiger partial charge in [0.05, 0.1) is 0 Å². The second kappa shape index (κ2) is 7.17. The number of hydrogen-bond donors (Lipinski definition) is 1. The molecule has 1 saturated heterocycles. The van der Waals surface area contributed by atoms with E-state index < -0.39 is 0 Å². The largest absolute Gasteiger partial charge is 0.338 e. The van der Waals surface area contributed by atoms with Crippen LogP contribution >= 0.6 is 0 Å². The van der Waals surface area contributed by atoms with Gasteiger partial charge in [0.25, 0.3) is 0 Å². The molecular weight excluding hydrogens is 188 g/mol. The van der Waals surface area contributed by atoms with Crippen molar-refractivity contribution in [1.82, 2.24) is 10.2 Å². The molecule has 2 amide bonds. The molecule has 1 aliphatic rings. The van der Waals surface area contributed by atoms with Crippen LogP contribution in [-0.4, -0.2) is 30.6 Å². The van der Waals surface area contributed by atoms with Crippen LogP contribution in [0.1, 0.15) is 38.5 Å². The number of unbranched alkanes of at least 4 members (excludes halogenated alkanes) is 1. The Balaban J connectivity index is 2.17. The van der Waals surface area contributed by atoms with Gasteiger partial charge in [0.15, 0.2) is 0 Å². The standard InChI is InChI=1S/C12H20N2O/c1-2-3-6-9-13-12(15)14-10-7-4-5-8-11-14/h1H,3-11H2,(H,13,15). The number of rotatable bonds is 3. The van der Waals surface area contributed by atoms with Crippen molar-refractivity contribution in [3.8, 4) is 12.3 Å². The maximum atomic E-state index is 11.7. The Bertz CT molecular complexity index is 224. The highest BCUT2D eigenvalue weighted by Gasteiger charge is 2.13. The second-order valence-corrected chi connectivity index (χ2v) is 3.94. The van der Waals surface area contributed by atoms with Gasteiger partial charge >= 0.3 is 6.03 Å². The zero-order valence-electron chi connectivity index (χ0n) is 9.30. The Labute approximate surface area is 92.2 Å². The fourth-order valence-electron chi connectivity index (χ4n) is 1.77. The van der Waals surface area contributed by atoms with Crippen LogP contribution in [0.4, 0.5) is 4.79 Å². The third kappa shape index (κ3) is 4.73.